The molecule has 1 aromatic carbocycles. The van der Waals surface area contributed by atoms with Crippen LogP contribution >= 0.6 is 0 Å². The first-order valence-electron chi connectivity index (χ1n) is 13.3. The van der Waals surface area contributed by atoms with E-state index in [1.165, 1.54) is 0 Å². The Morgan fingerprint density at radius 3 is 2.51 bits per heavy atom. The highest BCUT2D eigenvalue weighted by atomic mass is 32.2. The van der Waals surface area contributed by atoms with Crippen LogP contribution in [0.25, 0.3) is 22.3 Å². The number of unbranched alkanes of at least 4 members (excludes halogenated alkanes) is 1. The maximum Gasteiger partial charge on any atom is 0.240 e. The third-order valence-corrected chi connectivity index (χ3v) is 8.79. The van der Waals surface area contributed by atoms with E-state index >= 15 is 0 Å². The van der Waals surface area contributed by atoms with Gasteiger partial charge < -0.3 is 15.2 Å². The molecule has 0 unspecified atom stereocenters. The van der Waals surface area contributed by atoms with Gasteiger partial charge in [0.1, 0.15) is 5.69 Å². The van der Waals surface area contributed by atoms with E-state index in [0.29, 0.717) is 32.0 Å². The molecule has 3 N–H and O–H groups in total. The number of hydrogen-bond acceptors (Lipinski definition) is 8. The average molecular weight is 529 g/mol. The van der Waals surface area contributed by atoms with Crippen LogP contribution in [-0.2, 0) is 14.8 Å². The van der Waals surface area contributed by atoms with Gasteiger partial charge >= 0.3 is 0 Å². The molecule has 1 saturated heterocycles. The zero-order chi connectivity index (χ0) is 25.8. The Hall–Kier alpha value is -2.60. The summed E-state index contributed by atoms with van der Waals surface area (Å²) in [5.74, 6) is 0.574. The third kappa shape index (κ3) is 5.95. The summed E-state index contributed by atoms with van der Waals surface area (Å²) in [5, 5.41) is 19.1. The summed E-state index contributed by atoms with van der Waals surface area (Å²) in [5.41, 5.74) is 2.28. The molecule has 2 aromatic heterocycles. The predicted octanol–water partition coefficient (Wildman–Crippen LogP) is 3.64. The summed E-state index contributed by atoms with van der Waals surface area (Å²) < 4.78 is 36.0. The van der Waals surface area contributed by atoms with E-state index in [2.05, 4.69) is 21.9 Å². The second-order valence-electron chi connectivity index (χ2n) is 10.00. The summed E-state index contributed by atoms with van der Waals surface area (Å²) in [6.07, 6.45) is 8.13. The van der Waals surface area contributed by atoms with Crippen molar-refractivity contribution in [3.8, 4) is 11.3 Å². The molecule has 3 heterocycles. The van der Waals surface area contributed by atoms with Crippen molar-refractivity contribution >= 4 is 27.0 Å². The van der Waals surface area contributed by atoms with Gasteiger partial charge in [0.25, 0.3) is 0 Å². The van der Waals surface area contributed by atoms with E-state index in [4.69, 9.17) is 14.8 Å². The minimum atomic E-state index is -3.62. The quantitative estimate of drug-likeness (QED) is 0.359. The number of aliphatic hydroxyl groups is 1. The lowest BCUT2D eigenvalue weighted by Gasteiger charge is -2.25. The Morgan fingerprint density at radius 1 is 1.08 bits per heavy atom. The van der Waals surface area contributed by atoms with Crippen LogP contribution in [0.15, 0.2) is 35.4 Å². The Balaban J connectivity index is 1.45. The number of nitrogens with one attached hydrogen (secondary N) is 2. The van der Waals surface area contributed by atoms with Crippen LogP contribution in [0, 0.1) is 0 Å². The van der Waals surface area contributed by atoms with Crippen LogP contribution < -0.4 is 10.0 Å². The molecule has 0 bridgehead atoms. The molecule has 11 heteroatoms. The molecular formula is C26H36N6O4S. The molecule has 3 aromatic rings. The molecule has 0 amide bonds. The molecule has 37 heavy (non-hydrogen) atoms. The second kappa shape index (κ2) is 11.4. The van der Waals surface area contributed by atoms with E-state index in [-0.39, 0.29) is 23.1 Å². The van der Waals surface area contributed by atoms with Crippen LogP contribution in [-0.4, -0.2) is 65.2 Å². The van der Waals surface area contributed by atoms with Crippen molar-refractivity contribution in [1.29, 1.82) is 0 Å². The Bertz CT molecular complexity index is 1300. The number of nitrogens with zero attached hydrogens (tertiary/aromatic N) is 4. The maximum atomic E-state index is 12.9. The first kappa shape index (κ1) is 26.0. The van der Waals surface area contributed by atoms with Crippen LogP contribution in [0.4, 0.5) is 5.95 Å². The van der Waals surface area contributed by atoms with Crippen LogP contribution in [0.1, 0.15) is 64.3 Å². The molecule has 0 spiro atoms. The number of aliphatic hydroxyl groups excluding tert-OH is 1. The summed E-state index contributed by atoms with van der Waals surface area (Å²) in [6, 6.07) is 6.87. The third-order valence-electron chi connectivity index (χ3n) is 7.26. The van der Waals surface area contributed by atoms with Gasteiger partial charge in [-0.3, -0.25) is 0 Å². The summed E-state index contributed by atoms with van der Waals surface area (Å²) in [6.45, 7) is 4.08. The minimum absolute atomic E-state index is 0.107. The standard InChI is InChI=1S/C26H36N6O4S/c1-2-3-14-27-26-28-17-23-24(30-32(25(23)29-26)20-6-8-21(33)9-7-20)18-4-10-22(11-5-18)37(34,35)31-19-12-15-36-16-13-19/h4-5,10-11,17,19-21,31,33H,2-3,6-9,12-16H2,1H3,(H,27,28,29)/t20-,21-. The van der Waals surface area contributed by atoms with Crippen LogP contribution in [0.5, 0.6) is 0 Å². The van der Waals surface area contributed by atoms with Gasteiger partial charge in [0, 0.05) is 37.6 Å². The first-order chi connectivity index (χ1) is 17.9. The lowest BCUT2D eigenvalue weighted by molar-refractivity contribution is 0.0832. The molecular weight excluding hydrogens is 492 g/mol. The van der Waals surface area contributed by atoms with Crippen molar-refractivity contribution < 1.29 is 18.3 Å². The molecule has 10 nitrogen and oxygen atoms in total. The SMILES string of the molecule is CCCCNc1ncc2c(-c3ccc(S(=O)(=O)NC4CCOCC4)cc3)nn([C@H]3CC[C@H](O)CC3)c2n1. The fourth-order valence-electron chi connectivity index (χ4n) is 5.05. The van der Waals surface area contributed by atoms with E-state index in [9.17, 15) is 13.5 Å². The molecule has 1 aliphatic carbocycles. The van der Waals surface area contributed by atoms with Crippen molar-refractivity contribution in [2.45, 2.75) is 81.4 Å². The smallest absolute Gasteiger partial charge is 0.240 e. The van der Waals surface area contributed by atoms with Crippen molar-refractivity contribution in [2.75, 3.05) is 25.1 Å². The van der Waals surface area contributed by atoms with Crippen molar-refractivity contribution in [3.05, 3.63) is 30.5 Å². The summed E-state index contributed by atoms with van der Waals surface area (Å²) >= 11 is 0. The van der Waals surface area contributed by atoms with Gasteiger partial charge in [0.15, 0.2) is 5.65 Å². The van der Waals surface area contributed by atoms with Gasteiger partial charge in [0.05, 0.1) is 22.4 Å². The molecule has 1 aliphatic heterocycles. The minimum Gasteiger partial charge on any atom is -0.393 e. The topological polar surface area (TPSA) is 131 Å². The van der Waals surface area contributed by atoms with Gasteiger partial charge in [-0.1, -0.05) is 25.5 Å². The second-order valence-corrected chi connectivity index (χ2v) is 11.7. The normalized spacial score (nSPS) is 21.4. The van der Waals surface area contributed by atoms with Crippen molar-refractivity contribution in [1.82, 2.24) is 24.5 Å². The van der Waals surface area contributed by atoms with Crippen LogP contribution in [0.2, 0.25) is 0 Å². The van der Waals surface area contributed by atoms with Gasteiger partial charge in [-0.25, -0.2) is 22.8 Å². The highest BCUT2D eigenvalue weighted by Gasteiger charge is 2.26. The Morgan fingerprint density at radius 2 is 1.81 bits per heavy atom. The number of aromatic nitrogens is 4. The lowest BCUT2D eigenvalue weighted by Crippen LogP contribution is -2.38. The highest BCUT2D eigenvalue weighted by molar-refractivity contribution is 7.89. The number of rotatable bonds is 9. The predicted molar refractivity (Wildman–Crippen MR) is 142 cm³/mol. The maximum absolute atomic E-state index is 12.9. The van der Waals surface area contributed by atoms with Gasteiger partial charge in [-0.2, -0.15) is 10.1 Å². The highest BCUT2D eigenvalue weighted by Crippen LogP contribution is 2.34. The summed E-state index contributed by atoms with van der Waals surface area (Å²) in [4.78, 5) is 9.56. The number of sulfonamides is 1. The number of benzene rings is 1. The number of ether oxygens (including phenoxy) is 1. The fraction of sp³-hybridized carbons (Fsp3) is 0.577. The van der Waals surface area contributed by atoms with Crippen LogP contribution in [0.3, 0.4) is 0 Å². The van der Waals surface area contributed by atoms with Gasteiger partial charge in [0.2, 0.25) is 16.0 Å². The van der Waals surface area contributed by atoms with E-state index < -0.39 is 10.0 Å². The zero-order valence-corrected chi connectivity index (χ0v) is 22.1. The number of anilines is 1. The monoisotopic (exact) mass is 528 g/mol. The first-order valence-corrected chi connectivity index (χ1v) is 14.8. The molecule has 1 saturated carbocycles. The van der Waals surface area contributed by atoms with Gasteiger partial charge in [-0.15, -0.1) is 0 Å². The number of fused-ring (bicyclic) bond motifs is 1. The Kier molecular flexibility index (Phi) is 8.04. The van der Waals surface area contributed by atoms with Gasteiger partial charge in [-0.05, 0) is 57.1 Å². The van der Waals surface area contributed by atoms with E-state index in [1.54, 1.807) is 30.5 Å². The molecule has 0 atom stereocenters. The molecule has 2 fully saturated rings. The summed E-state index contributed by atoms with van der Waals surface area (Å²) in [7, 11) is -3.62. The van der Waals surface area contributed by atoms with Crippen molar-refractivity contribution in [3.63, 3.8) is 0 Å². The fourth-order valence-corrected chi connectivity index (χ4v) is 6.36. The van der Waals surface area contributed by atoms with E-state index in [0.717, 1.165) is 67.4 Å². The van der Waals surface area contributed by atoms with Crippen molar-refractivity contribution in [2.24, 2.45) is 0 Å². The average Bonchev–Trinajstić information content (AvgIpc) is 3.29. The lowest BCUT2D eigenvalue weighted by atomic mass is 9.93. The van der Waals surface area contributed by atoms with E-state index in [1.807, 2.05) is 4.68 Å². The Labute approximate surface area is 217 Å². The largest absolute Gasteiger partial charge is 0.393 e. The zero-order valence-electron chi connectivity index (χ0n) is 21.3. The molecule has 5 rings (SSSR count). The number of hydrogen-bond donors (Lipinski definition) is 3. The molecule has 200 valence electrons. The molecule has 2 aliphatic rings. The molecule has 0 radical (unpaired) electrons.